The highest BCUT2D eigenvalue weighted by atomic mass is 32.2. The van der Waals surface area contributed by atoms with Crippen LogP contribution in [0.3, 0.4) is 0 Å². The lowest BCUT2D eigenvalue weighted by atomic mass is 9.86. The molecule has 3 aromatic carbocycles. The van der Waals surface area contributed by atoms with Crippen molar-refractivity contribution in [2.24, 2.45) is 0 Å². The normalized spacial score (nSPS) is 12.8. The summed E-state index contributed by atoms with van der Waals surface area (Å²) in [5, 5.41) is 2.83. The second kappa shape index (κ2) is 9.75. The van der Waals surface area contributed by atoms with Gasteiger partial charge in [-0.1, -0.05) is 75.4 Å². The van der Waals surface area contributed by atoms with E-state index >= 15 is 0 Å². The van der Waals surface area contributed by atoms with Gasteiger partial charge < -0.3 is 5.32 Å². The average molecular weight is 469 g/mol. The van der Waals surface area contributed by atoms with E-state index in [0.29, 0.717) is 0 Å². The predicted molar refractivity (Wildman–Crippen MR) is 129 cm³/mol. The molecule has 0 aliphatic heterocycles. The number of para-hydroxylation sites is 1. The van der Waals surface area contributed by atoms with Crippen LogP contribution in [0.25, 0.3) is 0 Å². The molecular weight excluding hydrogens is 439 g/mol. The molecule has 0 bridgehead atoms. The summed E-state index contributed by atoms with van der Waals surface area (Å²) in [4.78, 5) is 12.9. The van der Waals surface area contributed by atoms with Gasteiger partial charge in [0.1, 0.15) is 12.4 Å². The Labute approximate surface area is 195 Å². The van der Waals surface area contributed by atoms with Crippen molar-refractivity contribution in [3.8, 4) is 0 Å². The van der Waals surface area contributed by atoms with Gasteiger partial charge in [-0.05, 0) is 47.7 Å². The zero-order chi connectivity index (χ0) is 24.2. The molecule has 5 nitrogen and oxygen atoms in total. The van der Waals surface area contributed by atoms with Gasteiger partial charge in [0.25, 0.3) is 10.0 Å². The molecule has 0 spiro atoms. The van der Waals surface area contributed by atoms with Crippen molar-refractivity contribution in [1.29, 1.82) is 0 Å². The Balaban J connectivity index is 1.84. The quantitative estimate of drug-likeness (QED) is 0.519. The van der Waals surface area contributed by atoms with Gasteiger partial charge in [0.15, 0.2) is 0 Å². The summed E-state index contributed by atoms with van der Waals surface area (Å²) in [6.45, 7) is 7.64. The average Bonchev–Trinajstić information content (AvgIpc) is 2.78. The Morgan fingerprint density at radius 1 is 0.939 bits per heavy atom. The zero-order valence-corrected chi connectivity index (χ0v) is 20.1. The highest BCUT2D eigenvalue weighted by Crippen LogP contribution is 2.27. The molecule has 0 aliphatic carbocycles. The monoisotopic (exact) mass is 468 g/mol. The van der Waals surface area contributed by atoms with Gasteiger partial charge in [0.05, 0.1) is 16.6 Å². The van der Waals surface area contributed by atoms with E-state index in [1.165, 1.54) is 42.0 Å². The lowest BCUT2D eigenvalue weighted by Gasteiger charge is -2.25. The second-order valence-electron chi connectivity index (χ2n) is 8.94. The lowest BCUT2D eigenvalue weighted by Crippen LogP contribution is -2.42. The Morgan fingerprint density at radius 3 is 2.09 bits per heavy atom. The van der Waals surface area contributed by atoms with Gasteiger partial charge in [-0.15, -0.1) is 0 Å². The van der Waals surface area contributed by atoms with Crippen LogP contribution in [0.2, 0.25) is 0 Å². The first kappa shape index (κ1) is 24.5. The first-order valence-corrected chi connectivity index (χ1v) is 12.2. The molecule has 7 heteroatoms. The number of sulfonamides is 1. The van der Waals surface area contributed by atoms with Crippen LogP contribution in [0, 0.1) is 5.82 Å². The Hall–Kier alpha value is -3.19. The topological polar surface area (TPSA) is 66.5 Å². The van der Waals surface area contributed by atoms with Gasteiger partial charge in [0.2, 0.25) is 5.91 Å². The second-order valence-corrected chi connectivity index (χ2v) is 10.8. The molecule has 0 radical (unpaired) electrons. The van der Waals surface area contributed by atoms with E-state index in [2.05, 4.69) is 26.1 Å². The summed E-state index contributed by atoms with van der Waals surface area (Å²) in [6.07, 6.45) is 0. The Kier molecular flexibility index (Phi) is 7.22. The molecule has 3 aromatic rings. The van der Waals surface area contributed by atoms with E-state index in [4.69, 9.17) is 0 Å². The molecule has 1 amide bonds. The lowest BCUT2D eigenvalue weighted by molar-refractivity contribution is -0.120. The van der Waals surface area contributed by atoms with Crippen LogP contribution in [-0.4, -0.2) is 20.9 Å². The number of anilines is 1. The predicted octanol–water partition coefficient (Wildman–Crippen LogP) is 5.20. The molecule has 0 aliphatic rings. The molecular formula is C26H29FN2O3S. The van der Waals surface area contributed by atoms with Crippen LogP contribution < -0.4 is 9.62 Å². The minimum Gasteiger partial charge on any atom is -0.348 e. The third-order valence-electron chi connectivity index (χ3n) is 5.39. The number of carbonyl (C=O) groups excluding carboxylic acids is 1. The van der Waals surface area contributed by atoms with E-state index in [1.54, 1.807) is 18.2 Å². The minimum absolute atomic E-state index is 0.0110. The molecule has 3 rings (SSSR count). The van der Waals surface area contributed by atoms with Crippen molar-refractivity contribution in [3.63, 3.8) is 0 Å². The number of hydrogen-bond acceptors (Lipinski definition) is 3. The maximum atomic E-state index is 14.6. The molecule has 0 saturated heterocycles. The summed E-state index contributed by atoms with van der Waals surface area (Å²) < 4.78 is 41.9. The third-order valence-corrected chi connectivity index (χ3v) is 7.17. The summed E-state index contributed by atoms with van der Waals surface area (Å²) in [5.41, 5.74) is 1.89. The molecule has 33 heavy (non-hydrogen) atoms. The van der Waals surface area contributed by atoms with Crippen molar-refractivity contribution >= 4 is 21.6 Å². The minimum atomic E-state index is -4.16. The van der Waals surface area contributed by atoms with Crippen LogP contribution in [-0.2, 0) is 20.2 Å². The summed E-state index contributed by atoms with van der Waals surface area (Å²) in [7, 11) is -4.16. The van der Waals surface area contributed by atoms with Crippen LogP contribution >= 0.6 is 0 Å². The van der Waals surface area contributed by atoms with Crippen molar-refractivity contribution in [3.05, 3.63) is 95.8 Å². The number of rotatable bonds is 7. The summed E-state index contributed by atoms with van der Waals surface area (Å²) >= 11 is 0. The Morgan fingerprint density at radius 2 is 1.52 bits per heavy atom. The first-order chi connectivity index (χ1) is 15.5. The van der Waals surface area contributed by atoms with Crippen LogP contribution in [0.1, 0.15) is 44.9 Å². The van der Waals surface area contributed by atoms with Crippen LogP contribution in [0.15, 0.2) is 83.8 Å². The van der Waals surface area contributed by atoms with E-state index in [9.17, 15) is 17.6 Å². The van der Waals surface area contributed by atoms with Gasteiger partial charge >= 0.3 is 0 Å². The standard InChI is InChI=1S/C26H29FN2O3S/c1-19(20-14-16-21(17-15-20)26(2,3)4)28-25(30)18-29(24-13-9-8-12-23(24)27)33(31,32)22-10-6-5-7-11-22/h5-17,19H,18H2,1-4H3,(H,28,30)/t19-/m1/s1. The highest BCUT2D eigenvalue weighted by molar-refractivity contribution is 7.92. The zero-order valence-electron chi connectivity index (χ0n) is 19.2. The van der Waals surface area contributed by atoms with Crippen molar-refractivity contribution in [2.45, 2.75) is 44.0 Å². The first-order valence-electron chi connectivity index (χ1n) is 10.7. The van der Waals surface area contributed by atoms with E-state index < -0.39 is 28.3 Å². The fourth-order valence-corrected chi connectivity index (χ4v) is 4.90. The number of halogens is 1. The van der Waals surface area contributed by atoms with E-state index in [-0.39, 0.29) is 22.0 Å². The summed E-state index contributed by atoms with van der Waals surface area (Å²) in [5.74, 6) is -1.26. The maximum absolute atomic E-state index is 14.6. The van der Waals surface area contributed by atoms with Gasteiger partial charge in [-0.2, -0.15) is 0 Å². The number of benzene rings is 3. The van der Waals surface area contributed by atoms with Gasteiger partial charge in [-0.25, -0.2) is 12.8 Å². The fourth-order valence-electron chi connectivity index (χ4n) is 3.45. The molecule has 0 saturated carbocycles. The van der Waals surface area contributed by atoms with Gasteiger partial charge in [0, 0.05) is 0 Å². The van der Waals surface area contributed by atoms with Crippen molar-refractivity contribution in [1.82, 2.24) is 5.32 Å². The van der Waals surface area contributed by atoms with Crippen LogP contribution in [0.4, 0.5) is 10.1 Å². The highest BCUT2D eigenvalue weighted by Gasteiger charge is 2.29. The molecule has 0 heterocycles. The molecule has 174 valence electrons. The maximum Gasteiger partial charge on any atom is 0.264 e. The number of hydrogen-bond donors (Lipinski definition) is 1. The van der Waals surface area contributed by atoms with Crippen molar-refractivity contribution < 1.29 is 17.6 Å². The van der Waals surface area contributed by atoms with Crippen LogP contribution in [0.5, 0.6) is 0 Å². The number of nitrogens with zero attached hydrogens (tertiary/aromatic N) is 1. The van der Waals surface area contributed by atoms with Gasteiger partial charge in [-0.3, -0.25) is 9.10 Å². The molecule has 1 atom stereocenters. The molecule has 0 aromatic heterocycles. The fraction of sp³-hybridized carbons (Fsp3) is 0.269. The molecule has 0 fully saturated rings. The third kappa shape index (κ3) is 5.79. The Bertz CT molecular complexity index is 1200. The number of nitrogens with one attached hydrogen (secondary N) is 1. The number of amides is 1. The molecule has 0 unspecified atom stereocenters. The van der Waals surface area contributed by atoms with Crippen molar-refractivity contribution in [2.75, 3.05) is 10.8 Å². The number of carbonyl (C=O) groups is 1. The van der Waals surface area contributed by atoms with E-state index in [0.717, 1.165) is 9.87 Å². The largest absolute Gasteiger partial charge is 0.348 e. The SMILES string of the molecule is C[C@@H](NC(=O)CN(c1ccccc1F)S(=O)(=O)c1ccccc1)c1ccc(C(C)(C)C)cc1. The summed E-state index contributed by atoms with van der Waals surface area (Å²) in [6, 6.07) is 20.8. The van der Waals surface area contributed by atoms with E-state index in [1.807, 2.05) is 31.2 Å². The molecule has 1 N–H and O–H groups in total. The smallest absolute Gasteiger partial charge is 0.264 e.